The highest BCUT2D eigenvalue weighted by molar-refractivity contribution is 7.13. The second kappa shape index (κ2) is 8.50. The van der Waals surface area contributed by atoms with Crippen LogP contribution in [0.3, 0.4) is 0 Å². The molecule has 1 N–H and O–H groups in total. The smallest absolute Gasteiger partial charge is 0.339 e. The van der Waals surface area contributed by atoms with Gasteiger partial charge in [-0.3, -0.25) is 4.79 Å². The summed E-state index contributed by atoms with van der Waals surface area (Å²) in [5.41, 5.74) is 1.83. The number of benzene rings is 1. The Morgan fingerprint density at radius 2 is 2.14 bits per heavy atom. The molecule has 0 unspecified atom stereocenters. The zero-order chi connectivity index (χ0) is 19.3. The van der Waals surface area contributed by atoms with Gasteiger partial charge >= 0.3 is 5.97 Å². The fraction of sp³-hybridized carbons (Fsp3) is 0.286. The third-order valence-electron chi connectivity index (χ3n) is 4.59. The minimum absolute atomic E-state index is 0.0529. The third kappa shape index (κ3) is 4.21. The third-order valence-corrected chi connectivity index (χ3v) is 5.49. The van der Waals surface area contributed by atoms with Crippen LogP contribution in [-0.4, -0.2) is 42.7 Å². The van der Waals surface area contributed by atoms with Crippen LogP contribution in [0.15, 0.2) is 47.8 Å². The molecule has 3 aromatic rings. The highest BCUT2D eigenvalue weighted by Gasteiger charge is 2.19. The van der Waals surface area contributed by atoms with Gasteiger partial charge in [-0.25, -0.2) is 9.78 Å². The quantitative estimate of drug-likeness (QED) is 0.646. The number of carbonyl (C=O) groups excluding carboxylic acids is 2. The number of aromatic nitrogens is 1. The number of carbonyl (C=O) groups is 2. The lowest BCUT2D eigenvalue weighted by Gasteiger charge is -2.12. The second-order valence-corrected chi connectivity index (χ2v) is 7.51. The molecular weight excluding hydrogens is 376 g/mol. The number of ether oxygens (including phenoxy) is 2. The number of hydrogen-bond acceptors (Lipinski definition) is 6. The molecule has 4 rings (SSSR count). The van der Waals surface area contributed by atoms with Gasteiger partial charge in [-0.15, -0.1) is 11.3 Å². The summed E-state index contributed by atoms with van der Waals surface area (Å²) in [6.07, 6.45) is 2.00. The van der Waals surface area contributed by atoms with Gasteiger partial charge in [-0.05, 0) is 36.4 Å². The molecule has 3 heterocycles. The summed E-state index contributed by atoms with van der Waals surface area (Å²) in [5, 5.41) is 5.41. The molecular formula is C21H20N2O4S. The van der Waals surface area contributed by atoms with Crippen LogP contribution in [0, 0.1) is 0 Å². The number of esters is 1. The number of hydrogen-bond donors (Lipinski definition) is 1. The van der Waals surface area contributed by atoms with E-state index in [0.29, 0.717) is 28.7 Å². The maximum Gasteiger partial charge on any atom is 0.339 e. The van der Waals surface area contributed by atoms with Crippen molar-refractivity contribution in [2.45, 2.75) is 18.9 Å². The first kappa shape index (κ1) is 18.6. The molecule has 1 saturated heterocycles. The average molecular weight is 396 g/mol. The predicted molar refractivity (Wildman–Crippen MR) is 107 cm³/mol. The van der Waals surface area contributed by atoms with Crippen LogP contribution >= 0.6 is 11.3 Å². The number of thiophene rings is 1. The normalized spacial score (nSPS) is 16.2. The maximum absolute atomic E-state index is 12.7. The molecule has 1 fully saturated rings. The van der Waals surface area contributed by atoms with Crippen LogP contribution in [0.25, 0.3) is 21.5 Å². The molecule has 1 atom stereocenters. The lowest BCUT2D eigenvalue weighted by molar-refractivity contribution is -0.124. The topological polar surface area (TPSA) is 77.5 Å². The van der Waals surface area contributed by atoms with Crippen molar-refractivity contribution in [1.82, 2.24) is 10.3 Å². The molecule has 7 heteroatoms. The van der Waals surface area contributed by atoms with E-state index in [1.165, 1.54) is 0 Å². The van der Waals surface area contributed by atoms with Crippen LogP contribution in [0.5, 0.6) is 0 Å². The number of rotatable bonds is 6. The molecule has 0 radical (unpaired) electrons. The van der Waals surface area contributed by atoms with Gasteiger partial charge in [0.2, 0.25) is 0 Å². The molecule has 0 saturated carbocycles. The van der Waals surface area contributed by atoms with Gasteiger partial charge in [-0.1, -0.05) is 24.3 Å². The Bertz CT molecular complexity index is 981. The molecule has 0 bridgehead atoms. The molecule has 1 aliphatic heterocycles. The molecule has 1 amide bonds. The van der Waals surface area contributed by atoms with Crippen molar-refractivity contribution in [2.75, 3.05) is 19.8 Å². The minimum Gasteiger partial charge on any atom is -0.452 e. The molecule has 1 aliphatic rings. The first-order valence-electron chi connectivity index (χ1n) is 9.20. The first-order chi connectivity index (χ1) is 13.7. The lowest BCUT2D eigenvalue weighted by Crippen LogP contribution is -2.34. The van der Waals surface area contributed by atoms with Gasteiger partial charge in [0.25, 0.3) is 5.91 Å². The van der Waals surface area contributed by atoms with Crippen LogP contribution < -0.4 is 5.32 Å². The van der Waals surface area contributed by atoms with Crippen molar-refractivity contribution in [1.29, 1.82) is 0 Å². The molecule has 28 heavy (non-hydrogen) atoms. The molecule has 6 nitrogen and oxygen atoms in total. The van der Waals surface area contributed by atoms with Crippen LogP contribution in [-0.2, 0) is 14.3 Å². The van der Waals surface area contributed by atoms with Gasteiger partial charge < -0.3 is 14.8 Å². The Morgan fingerprint density at radius 3 is 2.93 bits per heavy atom. The minimum atomic E-state index is -0.538. The summed E-state index contributed by atoms with van der Waals surface area (Å²) in [5.74, 6) is -0.871. The highest BCUT2D eigenvalue weighted by atomic mass is 32.1. The Kier molecular flexibility index (Phi) is 5.64. The number of nitrogens with zero attached hydrogens (tertiary/aromatic N) is 1. The molecule has 0 spiro atoms. The van der Waals surface area contributed by atoms with Crippen LogP contribution in [0.1, 0.15) is 23.2 Å². The van der Waals surface area contributed by atoms with E-state index < -0.39 is 5.97 Å². The Morgan fingerprint density at radius 1 is 1.25 bits per heavy atom. The lowest BCUT2D eigenvalue weighted by atomic mass is 10.1. The zero-order valence-electron chi connectivity index (χ0n) is 15.2. The fourth-order valence-corrected chi connectivity index (χ4v) is 3.87. The summed E-state index contributed by atoms with van der Waals surface area (Å²) < 4.78 is 10.7. The molecule has 0 aliphatic carbocycles. The van der Waals surface area contributed by atoms with Crippen molar-refractivity contribution in [3.05, 3.63) is 53.4 Å². The Balaban J connectivity index is 1.47. The van der Waals surface area contributed by atoms with E-state index in [2.05, 4.69) is 10.3 Å². The number of para-hydroxylation sites is 1. The van der Waals surface area contributed by atoms with E-state index in [4.69, 9.17) is 9.47 Å². The average Bonchev–Trinajstić information content (AvgIpc) is 3.43. The van der Waals surface area contributed by atoms with E-state index >= 15 is 0 Å². The highest BCUT2D eigenvalue weighted by Crippen LogP contribution is 2.28. The van der Waals surface area contributed by atoms with Crippen molar-refractivity contribution in [2.24, 2.45) is 0 Å². The number of amides is 1. The first-order valence-corrected chi connectivity index (χ1v) is 10.1. The van der Waals surface area contributed by atoms with E-state index in [1.54, 1.807) is 17.4 Å². The summed E-state index contributed by atoms with van der Waals surface area (Å²) in [7, 11) is 0. The predicted octanol–water partition coefficient (Wildman–Crippen LogP) is 3.42. The van der Waals surface area contributed by atoms with E-state index in [-0.39, 0.29) is 18.6 Å². The standard InChI is InChI=1S/C21H20N2O4S/c24-20(22-12-14-5-3-9-26-14)13-27-21(25)16-11-18(19-8-4-10-28-19)23-17-7-2-1-6-15(16)17/h1-2,4,6-8,10-11,14H,3,5,9,12-13H2,(H,22,24)/t14-/m1/s1. The monoisotopic (exact) mass is 396 g/mol. The summed E-state index contributed by atoms with van der Waals surface area (Å²) in [6.45, 7) is 0.852. The number of fused-ring (bicyclic) bond motifs is 1. The van der Waals surface area contributed by atoms with E-state index in [1.807, 2.05) is 41.8 Å². The van der Waals surface area contributed by atoms with Gasteiger partial charge in [-0.2, -0.15) is 0 Å². The van der Waals surface area contributed by atoms with Crippen molar-refractivity contribution in [3.8, 4) is 10.6 Å². The summed E-state index contributed by atoms with van der Waals surface area (Å²) in [6, 6.07) is 13.0. The van der Waals surface area contributed by atoms with Crippen LogP contribution in [0.2, 0.25) is 0 Å². The largest absolute Gasteiger partial charge is 0.452 e. The number of pyridine rings is 1. The van der Waals surface area contributed by atoms with Gasteiger partial charge in [0.15, 0.2) is 6.61 Å². The van der Waals surface area contributed by atoms with Crippen LogP contribution in [0.4, 0.5) is 0 Å². The Labute approximate surface area is 166 Å². The van der Waals surface area contributed by atoms with E-state index in [9.17, 15) is 9.59 Å². The van der Waals surface area contributed by atoms with Crippen molar-refractivity contribution in [3.63, 3.8) is 0 Å². The second-order valence-electron chi connectivity index (χ2n) is 6.56. The van der Waals surface area contributed by atoms with Gasteiger partial charge in [0, 0.05) is 18.5 Å². The summed E-state index contributed by atoms with van der Waals surface area (Å²) >= 11 is 1.55. The summed E-state index contributed by atoms with van der Waals surface area (Å²) in [4.78, 5) is 30.3. The van der Waals surface area contributed by atoms with Gasteiger partial charge in [0.1, 0.15) is 0 Å². The van der Waals surface area contributed by atoms with E-state index in [0.717, 1.165) is 24.3 Å². The Hall–Kier alpha value is -2.77. The molecule has 2 aromatic heterocycles. The molecule has 1 aromatic carbocycles. The number of nitrogens with one attached hydrogen (secondary N) is 1. The van der Waals surface area contributed by atoms with Crippen molar-refractivity contribution < 1.29 is 19.1 Å². The zero-order valence-corrected chi connectivity index (χ0v) is 16.0. The fourth-order valence-electron chi connectivity index (χ4n) is 3.19. The molecule has 144 valence electrons. The van der Waals surface area contributed by atoms with Gasteiger partial charge in [0.05, 0.1) is 27.8 Å². The van der Waals surface area contributed by atoms with Crippen molar-refractivity contribution >= 4 is 34.1 Å². The maximum atomic E-state index is 12.7. The SMILES string of the molecule is O=C(COC(=O)c1cc(-c2cccs2)nc2ccccc12)NC[C@H]1CCCO1.